The number of carbonyl (C=O) groups is 2. The molecule has 8 nitrogen and oxygen atoms in total. The van der Waals surface area contributed by atoms with Crippen molar-refractivity contribution in [3.05, 3.63) is 71.8 Å². The summed E-state index contributed by atoms with van der Waals surface area (Å²) >= 11 is 0. The lowest BCUT2D eigenvalue weighted by Gasteiger charge is -2.21. The van der Waals surface area contributed by atoms with E-state index in [1.165, 1.54) is 6.92 Å². The number of benzene rings is 3. The molecule has 1 N–H and O–H groups in total. The Morgan fingerprint density at radius 3 is 2.67 bits per heavy atom. The maximum atomic E-state index is 13.5. The number of fused-ring (bicyclic) bond motifs is 2. The van der Waals surface area contributed by atoms with E-state index >= 15 is 0 Å². The fourth-order valence-electron chi connectivity index (χ4n) is 4.80. The average Bonchev–Trinajstić information content (AvgIpc) is 3.43. The number of aromatic nitrogens is 2. The summed E-state index contributed by atoms with van der Waals surface area (Å²) in [4.78, 5) is 32.0. The van der Waals surface area contributed by atoms with E-state index in [0.717, 1.165) is 28.8 Å². The van der Waals surface area contributed by atoms with Crippen LogP contribution in [0.15, 0.2) is 60.7 Å². The third kappa shape index (κ3) is 4.26. The first-order valence-electron chi connectivity index (χ1n) is 11.8. The number of ether oxygens (including phenoxy) is 2. The molecular weight excluding hydrogens is 456 g/mol. The molecule has 0 spiro atoms. The number of rotatable bonds is 6. The zero-order valence-corrected chi connectivity index (χ0v) is 20.7. The van der Waals surface area contributed by atoms with Crippen LogP contribution >= 0.6 is 0 Å². The normalized spacial score (nSPS) is 14.3. The highest BCUT2D eigenvalue weighted by Crippen LogP contribution is 2.35. The minimum absolute atomic E-state index is 0.109. The molecule has 184 valence electrons. The van der Waals surface area contributed by atoms with Gasteiger partial charge in [0.25, 0.3) is 5.91 Å². The highest BCUT2D eigenvalue weighted by molar-refractivity contribution is 6.05. The number of nitrogens with one attached hydrogen (secondary N) is 1. The first kappa shape index (κ1) is 23.4. The lowest BCUT2D eigenvalue weighted by molar-refractivity contribution is -0.114. The van der Waals surface area contributed by atoms with Crippen molar-refractivity contribution in [2.24, 2.45) is 7.05 Å². The molecule has 0 saturated carbocycles. The van der Waals surface area contributed by atoms with Crippen molar-refractivity contribution in [2.75, 3.05) is 26.0 Å². The fraction of sp³-hybridized carbons (Fsp3) is 0.250. The Morgan fingerprint density at radius 2 is 1.92 bits per heavy atom. The van der Waals surface area contributed by atoms with Gasteiger partial charge in [0, 0.05) is 33.0 Å². The van der Waals surface area contributed by atoms with E-state index in [1.807, 2.05) is 60.1 Å². The molecule has 2 heterocycles. The van der Waals surface area contributed by atoms with Gasteiger partial charge in [-0.1, -0.05) is 30.3 Å². The smallest absolute Gasteiger partial charge is 0.253 e. The summed E-state index contributed by atoms with van der Waals surface area (Å²) in [5, 5.41) is 2.87. The summed E-state index contributed by atoms with van der Waals surface area (Å²) in [6.45, 7) is 1.88. The van der Waals surface area contributed by atoms with E-state index in [0.29, 0.717) is 34.9 Å². The molecule has 4 aromatic rings. The van der Waals surface area contributed by atoms with Crippen molar-refractivity contribution in [3.8, 4) is 22.9 Å². The summed E-state index contributed by atoms with van der Waals surface area (Å²) in [7, 11) is 5.25. The number of hydrogen-bond acceptors (Lipinski definition) is 5. The molecule has 0 radical (unpaired) electrons. The number of para-hydroxylation sites is 2. The highest BCUT2D eigenvalue weighted by Gasteiger charge is 2.26. The Morgan fingerprint density at radius 1 is 1.17 bits per heavy atom. The standard InChI is InChI=1S/C28H28N4O4/c1-17(33)29-22-14-19(28(34)31(2)16-20-13-18-9-5-7-11-24(18)36-20)15-23-26(22)32(3)27(30-23)21-10-6-8-12-25(21)35-4/h5-12,14-15,20H,13,16H2,1-4H3,(H,29,33). The van der Waals surface area contributed by atoms with Crippen molar-refractivity contribution in [1.82, 2.24) is 14.5 Å². The molecule has 0 saturated heterocycles. The monoisotopic (exact) mass is 484 g/mol. The van der Waals surface area contributed by atoms with Gasteiger partial charge in [-0.2, -0.15) is 0 Å². The van der Waals surface area contributed by atoms with E-state index in [-0.39, 0.29) is 17.9 Å². The van der Waals surface area contributed by atoms with Crippen LogP contribution in [0.1, 0.15) is 22.8 Å². The molecule has 0 fully saturated rings. The number of anilines is 1. The van der Waals surface area contributed by atoms with Gasteiger partial charge in [-0.15, -0.1) is 0 Å². The van der Waals surface area contributed by atoms with Crippen LogP contribution in [0.4, 0.5) is 5.69 Å². The van der Waals surface area contributed by atoms with Gasteiger partial charge in [-0.25, -0.2) is 4.98 Å². The highest BCUT2D eigenvalue weighted by atomic mass is 16.5. The average molecular weight is 485 g/mol. The van der Waals surface area contributed by atoms with Crippen LogP contribution in [-0.4, -0.2) is 53.1 Å². The van der Waals surface area contributed by atoms with Gasteiger partial charge in [0.05, 0.1) is 35.9 Å². The first-order valence-corrected chi connectivity index (χ1v) is 11.8. The van der Waals surface area contributed by atoms with E-state index in [1.54, 1.807) is 31.2 Å². The number of nitrogens with zero attached hydrogens (tertiary/aromatic N) is 3. The van der Waals surface area contributed by atoms with Crippen LogP contribution in [0.2, 0.25) is 0 Å². The zero-order chi connectivity index (χ0) is 25.4. The maximum absolute atomic E-state index is 13.5. The molecule has 5 rings (SSSR count). The number of hydrogen-bond donors (Lipinski definition) is 1. The van der Waals surface area contributed by atoms with E-state index < -0.39 is 0 Å². The maximum Gasteiger partial charge on any atom is 0.253 e. The number of imidazole rings is 1. The lowest BCUT2D eigenvalue weighted by Crippen LogP contribution is -2.36. The van der Waals surface area contributed by atoms with Crippen molar-refractivity contribution >= 4 is 28.5 Å². The molecule has 8 heteroatoms. The van der Waals surface area contributed by atoms with Crippen LogP contribution in [0.5, 0.6) is 11.5 Å². The minimum atomic E-state index is -0.230. The molecule has 0 bridgehead atoms. The molecule has 36 heavy (non-hydrogen) atoms. The molecule has 1 aliphatic rings. The Bertz CT molecular complexity index is 1450. The quantitative estimate of drug-likeness (QED) is 0.442. The van der Waals surface area contributed by atoms with E-state index in [9.17, 15) is 9.59 Å². The molecule has 1 atom stereocenters. The first-order chi connectivity index (χ1) is 17.4. The number of likely N-dealkylation sites (N-methyl/N-ethyl adjacent to an activating group) is 1. The predicted octanol–water partition coefficient (Wildman–Crippen LogP) is 4.28. The number of carbonyl (C=O) groups excluding carboxylic acids is 2. The SMILES string of the molecule is COc1ccccc1-c1nc2cc(C(=O)N(C)CC3Cc4ccccc4O3)cc(NC(C)=O)c2n1C. The van der Waals surface area contributed by atoms with Crippen LogP contribution in [0.3, 0.4) is 0 Å². The summed E-state index contributed by atoms with van der Waals surface area (Å²) in [6, 6.07) is 19.0. The summed E-state index contributed by atoms with van der Waals surface area (Å²) in [5.74, 6) is 1.82. The van der Waals surface area contributed by atoms with Crippen molar-refractivity contribution < 1.29 is 19.1 Å². The Labute approximate surface area is 209 Å². The summed E-state index contributed by atoms with van der Waals surface area (Å²) in [6.07, 6.45) is 0.647. The second kappa shape index (κ2) is 9.37. The Kier molecular flexibility index (Phi) is 6.10. The van der Waals surface area contributed by atoms with Crippen molar-refractivity contribution in [2.45, 2.75) is 19.4 Å². The van der Waals surface area contributed by atoms with Gasteiger partial charge in [-0.3, -0.25) is 9.59 Å². The van der Waals surface area contributed by atoms with Crippen LogP contribution < -0.4 is 14.8 Å². The molecular formula is C28H28N4O4. The van der Waals surface area contributed by atoms with Gasteiger partial charge in [0.2, 0.25) is 5.91 Å². The van der Waals surface area contributed by atoms with Gasteiger partial charge in [0.15, 0.2) is 0 Å². The lowest BCUT2D eigenvalue weighted by atomic mass is 10.1. The van der Waals surface area contributed by atoms with Crippen LogP contribution in [0.25, 0.3) is 22.4 Å². The van der Waals surface area contributed by atoms with Gasteiger partial charge >= 0.3 is 0 Å². The van der Waals surface area contributed by atoms with Crippen molar-refractivity contribution in [3.63, 3.8) is 0 Å². The van der Waals surface area contributed by atoms with Gasteiger partial charge in [-0.05, 0) is 35.9 Å². The van der Waals surface area contributed by atoms with Crippen LogP contribution in [-0.2, 0) is 18.3 Å². The van der Waals surface area contributed by atoms with E-state index in [2.05, 4.69) is 5.32 Å². The molecule has 2 amide bonds. The Balaban J connectivity index is 1.49. The molecule has 1 unspecified atom stereocenters. The summed E-state index contributed by atoms with van der Waals surface area (Å²) in [5.41, 5.74) is 4.25. The third-order valence-corrected chi connectivity index (χ3v) is 6.41. The van der Waals surface area contributed by atoms with E-state index in [4.69, 9.17) is 14.5 Å². The van der Waals surface area contributed by atoms with Crippen molar-refractivity contribution in [1.29, 1.82) is 0 Å². The summed E-state index contributed by atoms with van der Waals surface area (Å²) < 4.78 is 13.5. The zero-order valence-electron chi connectivity index (χ0n) is 20.7. The molecule has 1 aromatic heterocycles. The number of amides is 2. The second-order valence-corrected chi connectivity index (χ2v) is 9.00. The fourth-order valence-corrected chi connectivity index (χ4v) is 4.80. The van der Waals surface area contributed by atoms with Gasteiger partial charge < -0.3 is 24.3 Å². The minimum Gasteiger partial charge on any atom is -0.496 e. The molecule has 0 aliphatic carbocycles. The largest absolute Gasteiger partial charge is 0.496 e. The molecule has 3 aromatic carbocycles. The van der Waals surface area contributed by atoms with Crippen LogP contribution in [0, 0.1) is 0 Å². The number of aryl methyl sites for hydroxylation is 1. The topological polar surface area (TPSA) is 85.7 Å². The molecule has 1 aliphatic heterocycles. The van der Waals surface area contributed by atoms with Gasteiger partial charge in [0.1, 0.15) is 23.4 Å². The predicted molar refractivity (Wildman–Crippen MR) is 139 cm³/mol. The third-order valence-electron chi connectivity index (χ3n) is 6.41. The Hall–Kier alpha value is -4.33. The number of methoxy groups -OCH3 is 1. The second-order valence-electron chi connectivity index (χ2n) is 9.00.